The van der Waals surface area contributed by atoms with Crippen molar-refractivity contribution in [1.29, 1.82) is 0 Å². The van der Waals surface area contributed by atoms with Gasteiger partial charge >= 0.3 is 21.1 Å². The van der Waals surface area contributed by atoms with Crippen LogP contribution in [-0.4, -0.2) is 72.1 Å². The Hall–Kier alpha value is -2.78. The Morgan fingerprint density at radius 3 is 2.50 bits per heavy atom. The number of aromatic nitrogens is 1. The van der Waals surface area contributed by atoms with Crippen LogP contribution in [0, 0.1) is 0 Å². The molecule has 2 amide bonds. The highest BCUT2D eigenvalue weighted by Gasteiger charge is 2.58. The molecule has 3 N–H and O–H groups in total. The first-order valence-corrected chi connectivity index (χ1v) is 8.88. The highest BCUT2D eigenvalue weighted by Crippen LogP contribution is 2.24. The van der Waals surface area contributed by atoms with Crippen molar-refractivity contribution in [3.63, 3.8) is 0 Å². The number of ether oxygens (including phenoxy) is 1. The Balaban J connectivity index is 2.29. The van der Waals surface area contributed by atoms with E-state index < -0.39 is 50.8 Å². The Kier molecular flexibility index (Phi) is 5.43. The van der Waals surface area contributed by atoms with Gasteiger partial charge in [0.25, 0.3) is 11.8 Å². The summed E-state index contributed by atoms with van der Waals surface area (Å²) in [6, 6.07) is -3.43. The summed E-state index contributed by atoms with van der Waals surface area (Å²) in [6.07, 6.45) is 0. The van der Waals surface area contributed by atoms with E-state index in [0.717, 1.165) is 25.6 Å². The minimum atomic E-state index is -5.04. The van der Waals surface area contributed by atoms with Crippen LogP contribution in [-0.2, 0) is 34.3 Å². The van der Waals surface area contributed by atoms with Crippen LogP contribution >= 0.6 is 11.3 Å². The Labute approximate surface area is 149 Å². The fraction of sp³-hybridized carbons (Fsp3) is 0.364. The van der Waals surface area contributed by atoms with Gasteiger partial charge in [-0.25, -0.2) is 4.79 Å². The van der Waals surface area contributed by atoms with E-state index in [4.69, 9.17) is 4.55 Å². The van der Waals surface area contributed by atoms with Gasteiger partial charge in [0.05, 0.1) is 12.8 Å². The van der Waals surface area contributed by atoms with Crippen LogP contribution in [0.1, 0.15) is 5.69 Å². The molecule has 1 aliphatic heterocycles. The molecule has 26 heavy (non-hydrogen) atoms. The number of amides is 2. The van der Waals surface area contributed by atoms with Crippen LogP contribution in [0.25, 0.3) is 0 Å². The number of nitrogens with one attached hydrogen (secondary N) is 2. The first kappa shape index (κ1) is 19.5. The van der Waals surface area contributed by atoms with Crippen molar-refractivity contribution in [3.8, 4) is 0 Å². The third kappa shape index (κ3) is 3.58. The van der Waals surface area contributed by atoms with E-state index in [1.165, 1.54) is 5.38 Å². The second kappa shape index (κ2) is 7.22. The minimum Gasteiger partial charge on any atom is -0.467 e. The van der Waals surface area contributed by atoms with Gasteiger partial charge < -0.3 is 19.9 Å². The van der Waals surface area contributed by atoms with Gasteiger partial charge in [-0.2, -0.15) is 12.7 Å². The summed E-state index contributed by atoms with van der Waals surface area (Å²) in [5, 5.41) is 6.79. The van der Waals surface area contributed by atoms with Crippen LogP contribution in [0.4, 0.5) is 0 Å². The van der Waals surface area contributed by atoms with Crippen LogP contribution in [0.2, 0.25) is 0 Å². The summed E-state index contributed by atoms with van der Waals surface area (Å²) in [6.45, 7) is 0. The number of oxime groups is 1. The minimum absolute atomic E-state index is 0.0209. The Morgan fingerprint density at radius 1 is 1.38 bits per heavy atom. The van der Waals surface area contributed by atoms with Gasteiger partial charge in [-0.15, -0.1) is 0 Å². The maximum Gasteiger partial charge on any atom is 0.363 e. The lowest BCUT2D eigenvalue weighted by Gasteiger charge is -2.41. The van der Waals surface area contributed by atoms with E-state index in [2.05, 4.69) is 25.0 Å². The number of carbonyl (C=O) groups excluding carboxylic acids is 3. The van der Waals surface area contributed by atoms with Crippen LogP contribution < -0.4 is 10.2 Å². The molecule has 0 bridgehead atoms. The molecule has 0 spiro atoms. The molecule has 0 aromatic carbocycles. The molecule has 0 saturated carbocycles. The molecule has 0 radical (unpaired) electrons. The molecule has 2 atom stereocenters. The molecule has 1 aliphatic rings. The maximum atomic E-state index is 12.3. The SMILES string of the molecule is CON=C(C(=O)N[C@@H]1C(=O)N(S(=O)(=O)O)[C@@H]1C(=O)OC)c1csc(=O)[nH]1. The lowest BCUT2D eigenvalue weighted by Crippen LogP contribution is -2.74. The zero-order valence-corrected chi connectivity index (χ0v) is 14.8. The summed E-state index contributed by atoms with van der Waals surface area (Å²) >= 11 is 0.739. The number of thiazole rings is 1. The number of rotatable bonds is 6. The summed E-state index contributed by atoms with van der Waals surface area (Å²) < 4.78 is 35.7. The summed E-state index contributed by atoms with van der Waals surface area (Å²) in [7, 11) is -2.98. The van der Waals surface area contributed by atoms with E-state index in [-0.39, 0.29) is 10.00 Å². The predicted molar refractivity (Wildman–Crippen MR) is 84.6 cm³/mol. The molecule has 1 saturated heterocycles. The van der Waals surface area contributed by atoms with Gasteiger partial charge in [0.1, 0.15) is 13.2 Å². The summed E-state index contributed by atoms with van der Waals surface area (Å²) in [4.78, 5) is 53.5. The third-order valence-corrected chi connectivity index (χ3v) is 4.78. The third-order valence-electron chi connectivity index (χ3n) is 3.20. The van der Waals surface area contributed by atoms with Crippen molar-refractivity contribution in [2.45, 2.75) is 12.1 Å². The van der Waals surface area contributed by atoms with Gasteiger partial charge in [0.15, 0.2) is 11.8 Å². The normalized spacial score (nSPS) is 20.3. The number of esters is 1. The molecule has 1 aromatic rings. The zero-order chi connectivity index (χ0) is 19.6. The van der Waals surface area contributed by atoms with Gasteiger partial charge in [0.2, 0.25) is 0 Å². The number of β-lactam (4-membered cyclic amide) rings is 1. The van der Waals surface area contributed by atoms with Crippen LogP contribution in [0.3, 0.4) is 0 Å². The van der Waals surface area contributed by atoms with E-state index in [0.29, 0.717) is 0 Å². The molecule has 2 rings (SSSR count). The smallest absolute Gasteiger partial charge is 0.363 e. The number of nitrogens with zero attached hydrogens (tertiary/aromatic N) is 2. The van der Waals surface area contributed by atoms with Crippen LogP contribution in [0.5, 0.6) is 0 Å². The predicted octanol–water partition coefficient (Wildman–Crippen LogP) is -2.54. The monoisotopic (exact) mass is 408 g/mol. The summed E-state index contributed by atoms with van der Waals surface area (Å²) in [5.74, 6) is -3.48. The largest absolute Gasteiger partial charge is 0.467 e. The molecule has 2 heterocycles. The molecule has 1 aromatic heterocycles. The Morgan fingerprint density at radius 2 is 2.04 bits per heavy atom. The first-order valence-electron chi connectivity index (χ1n) is 6.60. The van der Waals surface area contributed by atoms with Gasteiger partial charge in [-0.3, -0.25) is 18.9 Å². The topological polar surface area (TPSA) is 185 Å². The first-order chi connectivity index (χ1) is 12.1. The zero-order valence-electron chi connectivity index (χ0n) is 13.2. The molecular weight excluding hydrogens is 396 g/mol. The average molecular weight is 408 g/mol. The fourth-order valence-electron chi connectivity index (χ4n) is 2.12. The second-order valence-electron chi connectivity index (χ2n) is 4.72. The van der Waals surface area contributed by atoms with Gasteiger partial charge in [-0.05, 0) is 0 Å². The highest BCUT2D eigenvalue weighted by atomic mass is 32.2. The van der Waals surface area contributed by atoms with Crippen molar-refractivity contribution in [2.75, 3.05) is 14.2 Å². The molecule has 15 heteroatoms. The number of methoxy groups -OCH3 is 1. The Bertz CT molecular complexity index is 931. The second-order valence-corrected chi connectivity index (χ2v) is 6.85. The highest BCUT2D eigenvalue weighted by molar-refractivity contribution is 7.84. The summed E-state index contributed by atoms with van der Waals surface area (Å²) in [5.41, 5.74) is -0.444. The van der Waals surface area contributed by atoms with Crippen molar-refractivity contribution in [3.05, 3.63) is 20.7 Å². The van der Waals surface area contributed by atoms with E-state index >= 15 is 0 Å². The number of hydrogen-bond acceptors (Lipinski definition) is 10. The average Bonchev–Trinajstić information content (AvgIpc) is 2.98. The molecular formula is C11H12N4O9S2. The number of hydrogen-bond donors (Lipinski definition) is 3. The van der Waals surface area contributed by atoms with Gasteiger partial charge in [-0.1, -0.05) is 16.5 Å². The fourth-order valence-corrected chi connectivity index (χ4v) is 3.52. The molecule has 13 nitrogen and oxygen atoms in total. The maximum absolute atomic E-state index is 12.3. The van der Waals surface area contributed by atoms with Crippen molar-refractivity contribution < 1.29 is 36.9 Å². The quantitative estimate of drug-likeness (QED) is 0.150. The number of carbonyl (C=O) groups is 3. The standard InChI is InChI=1S/C11H12N4O9S2/c1-23-10(18)7-6(9(17)15(7)26(20,21)22)13-8(16)5(14-24-2)4-3-25-11(19)12-4/h3,6-7H,1-2H3,(H,12,19)(H,13,16)(H,20,21,22)/t6-,7-/m0/s1. The molecule has 0 unspecified atom stereocenters. The van der Waals surface area contributed by atoms with E-state index in [1.807, 2.05) is 0 Å². The van der Waals surface area contributed by atoms with Gasteiger partial charge in [0, 0.05) is 5.38 Å². The van der Waals surface area contributed by atoms with Crippen LogP contribution in [0.15, 0.2) is 15.3 Å². The van der Waals surface area contributed by atoms with E-state index in [9.17, 15) is 27.6 Å². The van der Waals surface area contributed by atoms with E-state index in [1.54, 1.807) is 0 Å². The number of H-pyrrole nitrogens is 1. The van der Waals surface area contributed by atoms with Crippen molar-refractivity contribution in [2.24, 2.45) is 5.16 Å². The lowest BCUT2D eigenvalue weighted by molar-refractivity contribution is -0.162. The molecule has 0 aliphatic carbocycles. The number of aromatic amines is 1. The molecule has 1 fully saturated rings. The lowest BCUT2D eigenvalue weighted by atomic mass is 9.98. The van der Waals surface area contributed by atoms with Crippen molar-refractivity contribution >= 4 is 45.1 Å². The van der Waals surface area contributed by atoms with Crippen molar-refractivity contribution in [1.82, 2.24) is 14.6 Å². The molecule has 142 valence electrons.